The molecule has 0 radical (unpaired) electrons. The molecule has 3 rings (SSSR count). The number of ether oxygens (including phenoxy) is 2. The minimum Gasteiger partial charge on any atom is -0.497 e. The molecule has 0 amide bonds. The second kappa shape index (κ2) is 5.53. The van der Waals surface area contributed by atoms with Crippen molar-refractivity contribution in [3.8, 4) is 11.5 Å². The molecule has 2 aliphatic rings. The maximum absolute atomic E-state index is 10.5. The topological polar surface area (TPSA) is 38.7 Å². The number of fused-ring (bicyclic) bond motifs is 1. The third kappa shape index (κ3) is 2.76. The molecule has 0 saturated heterocycles. The van der Waals surface area contributed by atoms with Gasteiger partial charge in [-0.1, -0.05) is 13.8 Å². The van der Waals surface area contributed by atoms with E-state index in [4.69, 9.17) is 9.47 Å². The number of aliphatic hydroxyl groups excluding tert-OH is 1. The highest BCUT2D eigenvalue weighted by molar-refractivity contribution is 5.44. The maximum Gasteiger partial charge on any atom is 0.129 e. The van der Waals surface area contributed by atoms with Crippen molar-refractivity contribution >= 4 is 0 Å². The summed E-state index contributed by atoms with van der Waals surface area (Å²) in [6.07, 6.45) is 4.86. The molecule has 0 aromatic heterocycles. The van der Waals surface area contributed by atoms with Crippen LogP contribution in [-0.2, 0) is 0 Å². The van der Waals surface area contributed by atoms with Crippen LogP contribution in [0.25, 0.3) is 0 Å². The second-order valence-corrected chi connectivity index (χ2v) is 7.01. The largest absolute Gasteiger partial charge is 0.497 e. The summed E-state index contributed by atoms with van der Waals surface area (Å²) in [5.41, 5.74) is 0.708. The SMILES string of the molecule is COc1ccc2c(c1)OC1(CCCC(C(C)C)C1)C[C@@H]2O. The van der Waals surface area contributed by atoms with E-state index in [9.17, 15) is 5.11 Å². The predicted octanol–water partition coefficient (Wildman–Crippen LogP) is 4.10. The summed E-state index contributed by atoms with van der Waals surface area (Å²) in [5.74, 6) is 2.96. The third-order valence-corrected chi connectivity index (χ3v) is 5.26. The van der Waals surface area contributed by atoms with Crippen LogP contribution in [0.5, 0.6) is 11.5 Å². The molecule has 1 aromatic carbocycles. The van der Waals surface area contributed by atoms with E-state index in [1.807, 2.05) is 18.2 Å². The van der Waals surface area contributed by atoms with E-state index in [0.717, 1.165) is 36.3 Å². The number of methoxy groups -OCH3 is 1. The van der Waals surface area contributed by atoms with Crippen LogP contribution in [0.1, 0.15) is 57.6 Å². The van der Waals surface area contributed by atoms with Gasteiger partial charge in [0.25, 0.3) is 0 Å². The van der Waals surface area contributed by atoms with Gasteiger partial charge in [0.05, 0.1) is 13.2 Å². The molecule has 1 fully saturated rings. The Morgan fingerprint density at radius 3 is 2.86 bits per heavy atom. The van der Waals surface area contributed by atoms with Gasteiger partial charge in [0.1, 0.15) is 17.1 Å². The van der Waals surface area contributed by atoms with Crippen molar-refractivity contribution in [1.29, 1.82) is 0 Å². The summed E-state index contributed by atoms with van der Waals surface area (Å²) < 4.78 is 11.7. The maximum atomic E-state index is 10.5. The molecule has 116 valence electrons. The van der Waals surface area contributed by atoms with Crippen LogP contribution in [0.2, 0.25) is 0 Å². The Morgan fingerprint density at radius 2 is 2.14 bits per heavy atom. The van der Waals surface area contributed by atoms with Gasteiger partial charge in [0.15, 0.2) is 0 Å². The second-order valence-electron chi connectivity index (χ2n) is 7.01. The number of hydrogen-bond donors (Lipinski definition) is 1. The van der Waals surface area contributed by atoms with Crippen molar-refractivity contribution in [1.82, 2.24) is 0 Å². The van der Waals surface area contributed by atoms with E-state index in [-0.39, 0.29) is 5.60 Å². The molecule has 1 saturated carbocycles. The highest BCUT2D eigenvalue weighted by Crippen LogP contribution is 2.49. The summed E-state index contributed by atoms with van der Waals surface area (Å²) in [7, 11) is 1.66. The molecule has 1 aliphatic carbocycles. The molecular formula is C18H26O3. The lowest BCUT2D eigenvalue weighted by molar-refractivity contribution is -0.0573. The van der Waals surface area contributed by atoms with E-state index >= 15 is 0 Å². The first-order valence-electron chi connectivity index (χ1n) is 8.08. The van der Waals surface area contributed by atoms with Gasteiger partial charge in [-0.15, -0.1) is 0 Å². The van der Waals surface area contributed by atoms with Crippen LogP contribution < -0.4 is 9.47 Å². The first kappa shape index (κ1) is 14.7. The number of rotatable bonds is 2. The minimum absolute atomic E-state index is 0.189. The zero-order chi connectivity index (χ0) is 15.0. The van der Waals surface area contributed by atoms with E-state index in [1.165, 1.54) is 12.8 Å². The smallest absolute Gasteiger partial charge is 0.129 e. The van der Waals surface area contributed by atoms with Gasteiger partial charge in [-0.25, -0.2) is 0 Å². The molecule has 3 atom stereocenters. The van der Waals surface area contributed by atoms with Crippen LogP contribution in [0.3, 0.4) is 0 Å². The summed E-state index contributed by atoms with van der Waals surface area (Å²) in [4.78, 5) is 0. The van der Waals surface area contributed by atoms with Crippen molar-refractivity contribution in [3.63, 3.8) is 0 Å². The molecule has 3 heteroatoms. The van der Waals surface area contributed by atoms with Crippen molar-refractivity contribution in [2.45, 2.75) is 57.7 Å². The molecule has 1 spiro atoms. The van der Waals surface area contributed by atoms with Crippen molar-refractivity contribution < 1.29 is 14.6 Å². The summed E-state index contributed by atoms with van der Waals surface area (Å²) in [5, 5.41) is 10.5. The summed E-state index contributed by atoms with van der Waals surface area (Å²) in [6, 6.07) is 5.73. The lowest BCUT2D eigenvalue weighted by Gasteiger charge is -2.46. The van der Waals surface area contributed by atoms with Crippen LogP contribution >= 0.6 is 0 Å². The van der Waals surface area contributed by atoms with Crippen LogP contribution in [0, 0.1) is 11.8 Å². The van der Waals surface area contributed by atoms with Crippen LogP contribution in [-0.4, -0.2) is 17.8 Å². The van der Waals surface area contributed by atoms with Gasteiger partial charge in [0.2, 0.25) is 0 Å². The van der Waals surface area contributed by atoms with Crippen LogP contribution in [0.15, 0.2) is 18.2 Å². The van der Waals surface area contributed by atoms with Gasteiger partial charge in [-0.05, 0) is 49.7 Å². The molecule has 1 aromatic rings. The average Bonchev–Trinajstić information content (AvgIpc) is 2.46. The highest BCUT2D eigenvalue weighted by Gasteiger charge is 2.44. The molecule has 1 aliphatic heterocycles. The van der Waals surface area contributed by atoms with E-state index in [0.29, 0.717) is 11.8 Å². The zero-order valence-corrected chi connectivity index (χ0v) is 13.3. The standard InChI is InChI=1S/C18H26O3/c1-12(2)13-5-4-8-18(10-13)11-16(19)15-7-6-14(20-3)9-17(15)21-18/h6-7,9,12-13,16,19H,4-5,8,10-11H2,1-3H3/t13?,16-,18?/m0/s1. The van der Waals surface area contributed by atoms with Gasteiger partial charge in [-0.2, -0.15) is 0 Å². The molecule has 2 unspecified atom stereocenters. The monoisotopic (exact) mass is 290 g/mol. The van der Waals surface area contributed by atoms with E-state index in [1.54, 1.807) is 7.11 Å². The Bertz CT molecular complexity index is 511. The predicted molar refractivity (Wildman–Crippen MR) is 82.7 cm³/mol. The number of aliphatic hydroxyl groups is 1. The van der Waals surface area contributed by atoms with Crippen molar-refractivity contribution in [3.05, 3.63) is 23.8 Å². The summed E-state index contributed by atoms with van der Waals surface area (Å²) in [6.45, 7) is 4.58. The van der Waals surface area contributed by atoms with E-state index in [2.05, 4.69) is 13.8 Å². The lowest BCUT2D eigenvalue weighted by Crippen LogP contribution is -2.45. The van der Waals surface area contributed by atoms with Crippen molar-refractivity contribution in [2.75, 3.05) is 7.11 Å². The third-order valence-electron chi connectivity index (χ3n) is 5.26. The summed E-state index contributed by atoms with van der Waals surface area (Å²) >= 11 is 0. The Kier molecular flexibility index (Phi) is 3.87. The molecule has 3 nitrogen and oxygen atoms in total. The van der Waals surface area contributed by atoms with Gasteiger partial charge in [0, 0.05) is 18.1 Å². The Balaban J connectivity index is 1.89. The van der Waals surface area contributed by atoms with Gasteiger partial charge in [-0.3, -0.25) is 0 Å². The Morgan fingerprint density at radius 1 is 1.33 bits per heavy atom. The number of hydrogen-bond acceptors (Lipinski definition) is 3. The van der Waals surface area contributed by atoms with E-state index < -0.39 is 6.10 Å². The first-order chi connectivity index (χ1) is 10.0. The first-order valence-corrected chi connectivity index (χ1v) is 8.08. The zero-order valence-electron chi connectivity index (χ0n) is 13.3. The molecule has 1 N–H and O–H groups in total. The molecule has 21 heavy (non-hydrogen) atoms. The Hall–Kier alpha value is -1.22. The highest BCUT2D eigenvalue weighted by atomic mass is 16.5. The van der Waals surface area contributed by atoms with Crippen molar-refractivity contribution in [2.24, 2.45) is 11.8 Å². The average molecular weight is 290 g/mol. The van der Waals surface area contributed by atoms with Gasteiger partial charge >= 0.3 is 0 Å². The lowest BCUT2D eigenvalue weighted by atomic mass is 9.70. The number of benzene rings is 1. The fourth-order valence-corrected chi connectivity index (χ4v) is 3.96. The minimum atomic E-state index is -0.425. The quantitative estimate of drug-likeness (QED) is 0.891. The van der Waals surface area contributed by atoms with Crippen LogP contribution in [0.4, 0.5) is 0 Å². The molecular weight excluding hydrogens is 264 g/mol. The van der Waals surface area contributed by atoms with Gasteiger partial charge < -0.3 is 14.6 Å². The fraction of sp³-hybridized carbons (Fsp3) is 0.667. The Labute approximate surface area is 127 Å². The molecule has 0 bridgehead atoms. The normalized spacial score (nSPS) is 31.9. The fourth-order valence-electron chi connectivity index (χ4n) is 3.96. The molecule has 1 heterocycles.